The van der Waals surface area contributed by atoms with E-state index in [1.807, 2.05) is 0 Å². The lowest BCUT2D eigenvalue weighted by atomic mass is 10.2. The summed E-state index contributed by atoms with van der Waals surface area (Å²) in [6, 6.07) is 1.55. The fraction of sp³-hybridized carbons (Fsp3) is 0.143. The van der Waals surface area contributed by atoms with Crippen LogP contribution in [0.15, 0.2) is 22.5 Å². The maximum absolute atomic E-state index is 10.7. The molecule has 0 fully saturated rings. The SMILES string of the molecule is O=C1OCC(c2ccno2)=C1O. The minimum absolute atomic E-state index is 0.0415. The number of rotatable bonds is 1. The zero-order chi connectivity index (χ0) is 8.55. The number of aromatic nitrogens is 1. The van der Waals surface area contributed by atoms with E-state index in [9.17, 15) is 4.79 Å². The van der Waals surface area contributed by atoms with Crippen LogP contribution >= 0.6 is 0 Å². The van der Waals surface area contributed by atoms with E-state index in [0.29, 0.717) is 11.3 Å². The Morgan fingerprint density at radius 2 is 2.42 bits per heavy atom. The zero-order valence-electron chi connectivity index (χ0n) is 5.98. The van der Waals surface area contributed by atoms with Crippen LogP contribution in [0.5, 0.6) is 0 Å². The number of aliphatic hydroxyl groups excluding tert-OH is 1. The number of cyclic esters (lactones) is 1. The molecule has 0 saturated carbocycles. The fourth-order valence-corrected chi connectivity index (χ4v) is 0.957. The molecule has 0 spiro atoms. The van der Waals surface area contributed by atoms with Crippen molar-refractivity contribution < 1.29 is 19.2 Å². The number of aliphatic hydroxyl groups is 1. The summed E-state index contributed by atoms with van der Waals surface area (Å²) < 4.78 is 9.29. The number of hydrogen-bond acceptors (Lipinski definition) is 5. The summed E-state index contributed by atoms with van der Waals surface area (Å²) >= 11 is 0. The summed E-state index contributed by atoms with van der Waals surface area (Å²) in [6.45, 7) is 0.0415. The van der Waals surface area contributed by atoms with Crippen molar-refractivity contribution in [2.75, 3.05) is 6.61 Å². The summed E-state index contributed by atoms with van der Waals surface area (Å²) in [5, 5.41) is 12.6. The van der Waals surface area contributed by atoms with Crippen molar-refractivity contribution in [3.8, 4) is 0 Å². The Morgan fingerprint density at radius 3 is 2.92 bits per heavy atom. The van der Waals surface area contributed by atoms with Crippen molar-refractivity contribution in [1.82, 2.24) is 5.16 Å². The van der Waals surface area contributed by atoms with Gasteiger partial charge in [-0.05, 0) is 0 Å². The van der Waals surface area contributed by atoms with Gasteiger partial charge in [0.15, 0.2) is 5.76 Å². The summed E-state index contributed by atoms with van der Waals surface area (Å²) in [4.78, 5) is 10.7. The number of carbonyl (C=O) groups is 1. The van der Waals surface area contributed by atoms with Crippen LogP contribution in [0.1, 0.15) is 5.76 Å². The van der Waals surface area contributed by atoms with Crippen molar-refractivity contribution in [3.05, 3.63) is 23.8 Å². The zero-order valence-corrected chi connectivity index (χ0v) is 5.98. The van der Waals surface area contributed by atoms with Gasteiger partial charge in [0, 0.05) is 6.07 Å². The third-order valence-corrected chi connectivity index (χ3v) is 1.56. The minimum atomic E-state index is -0.721. The molecule has 0 atom stereocenters. The van der Waals surface area contributed by atoms with Gasteiger partial charge in [-0.15, -0.1) is 0 Å². The molecule has 5 nitrogen and oxygen atoms in total. The number of esters is 1. The minimum Gasteiger partial charge on any atom is -0.501 e. The number of ether oxygens (including phenoxy) is 1. The van der Waals surface area contributed by atoms with Crippen LogP contribution in [0, 0.1) is 0 Å². The third-order valence-electron chi connectivity index (χ3n) is 1.56. The Kier molecular flexibility index (Phi) is 1.36. The molecule has 2 heterocycles. The molecule has 0 unspecified atom stereocenters. The van der Waals surface area contributed by atoms with Crippen molar-refractivity contribution in [2.24, 2.45) is 0 Å². The molecule has 2 rings (SSSR count). The van der Waals surface area contributed by atoms with Crippen molar-refractivity contribution in [2.45, 2.75) is 0 Å². The molecule has 0 aliphatic carbocycles. The van der Waals surface area contributed by atoms with Gasteiger partial charge in [0.05, 0.1) is 11.8 Å². The number of nitrogens with zero attached hydrogens (tertiary/aromatic N) is 1. The maximum Gasteiger partial charge on any atom is 0.374 e. The number of hydrogen-bond donors (Lipinski definition) is 1. The predicted molar refractivity (Wildman–Crippen MR) is 37.0 cm³/mol. The maximum atomic E-state index is 10.7. The van der Waals surface area contributed by atoms with Gasteiger partial charge in [-0.25, -0.2) is 4.79 Å². The van der Waals surface area contributed by atoms with Crippen LogP contribution in [-0.4, -0.2) is 22.8 Å². The quantitative estimate of drug-likeness (QED) is 0.616. The van der Waals surface area contributed by atoms with Crippen LogP contribution in [0.25, 0.3) is 5.57 Å². The smallest absolute Gasteiger partial charge is 0.374 e. The van der Waals surface area contributed by atoms with Gasteiger partial charge in [0.25, 0.3) is 0 Å². The van der Waals surface area contributed by atoms with E-state index in [-0.39, 0.29) is 6.61 Å². The molecule has 0 amide bonds. The Morgan fingerprint density at radius 1 is 1.58 bits per heavy atom. The molecule has 5 heteroatoms. The van der Waals surface area contributed by atoms with E-state index in [0.717, 1.165) is 0 Å². The van der Waals surface area contributed by atoms with Gasteiger partial charge in [-0.3, -0.25) is 0 Å². The average molecular weight is 167 g/mol. The molecular formula is C7H5NO4. The molecule has 62 valence electrons. The lowest BCUT2D eigenvalue weighted by molar-refractivity contribution is -0.138. The normalized spacial score (nSPS) is 16.8. The van der Waals surface area contributed by atoms with Gasteiger partial charge in [0.2, 0.25) is 5.76 Å². The second kappa shape index (κ2) is 2.37. The highest BCUT2D eigenvalue weighted by Gasteiger charge is 2.27. The van der Waals surface area contributed by atoms with Crippen molar-refractivity contribution in [3.63, 3.8) is 0 Å². The highest BCUT2D eigenvalue weighted by atomic mass is 16.6. The van der Waals surface area contributed by atoms with Crippen LogP contribution in [0.4, 0.5) is 0 Å². The standard InChI is InChI=1S/C7H5NO4/c9-6-4(3-11-7(6)10)5-1-2-8-12-5/h1-2,9H,3H2. The Balaban J connectivity index is 2.43. The molecule has 1 aromatic rings. The van der Waals surface area contributed by atoms with Gasteiger partial charge in [-0.1, -0.05) is 5.16 Å². The topological polar surface area (TPSA) is 72.6 Å². The van der Waals surface area contributed by atoms with Gasteiger partial charge in [-0.2, -0.15) is 0 Å². The third kappa shape index (κ3) is 0.868. The van der Waals surface area contributed by atoms with E-state index in [2.05, 4.69) is 9.89 Å². The van der Waals surface area contributed by atoms with Crippen LogP contribution in [0.3, 0.4) is 0 Å². The monoisotopic (exact) mass is 167 g/mol. The fourth-order valence-electron chi connectivity index (χ4n) is 0.957. The molecule has 1 N–H and O–H groups in total. The first-order valence-corrected chi connectivity index (χ1v) is 3.29. The highest BCUT2D eigenvalue weighted by molar-refractivity contribution is 5.98. The molecular weight excluding hydrogens is 162 g/mol. The lowest BCUT2D eigenvalue weighted by Gasteiger charge is -1.90. The second-order valence-electron chi connectivity index (χ2n) is 2.28. The summed E-state index contributed by atoms with van der Waals surface area (Å²) in [6.07, 6.45) is 1.43. The first kappa shape index (κ1) is 6.90. The highest BCUT2D eigenvalue weighted by Crippen LogP contribution is 2.23. The molecule has 0 aromatic carbocycles. The number of carbonyl (C=O) groups excluding carboxylic acids is 1. The van der Waals surface area contributed by atoms with Crippen molar-refractivity contribution >= 4 is 11.5 Å². The van der Waals surface area contributed by atoms with E-state index >= 15 is 0 Å². The molecule has 1 aliphatic heterocycles. The lowest BCUT2D eigenvalue weighted by Crippen LogP contribution is -1.96. The van der Waals surface area contributed by atoms with E-state index in [4.69, 9.17) is 9.63 Å². The molecule has 0 saturated heterocycles. The Bertz CT molecular complexity index is 338. The van der Waals surface area contributed by atoms with E-state index < -0.39 is 11.7 Å². The Labute approximate surface area is 67.2 Å². The van der Waals surface area contributed by atoms with Crippen LogP contribution in [-0.2, 0) is 9.53 Å². The summed E-state index contributed by atoms with van der Waals surface area (Å²) in [5.74, 6) is -0.758. The second-order valence-corrected chi connectivity index (χ2v) is 2.28. The molecule has 12 heavy (non-hydrogen) atoms. The molecule has 0 bridgehead atoms. The summed E-state index contributed by atoms with van der Waals surface area (Å²) in [7, 11) is 0. The Hall–Kier alpha value is -1.78. The average Bonchev–Trinajstić information content (AvgIpc) is 2.64. The molecule has 0 radical (unpaired) electrons. The largest absolute Gasteiger partial charge is 0.501 e. The molecule has 1 aromatic heterocycles. The van der Waals surface area contributed by atoms with E-state index in [1.54, 1.807) is 6.07 Å². The first-order valence-electron chi connectivity index (χ1n) is 3.29. The van der Waals surface area contributed by atoms with Crippen LogP contribution in [0.2, 0.25) is 0 Å². The summed E-state index contributed by atoms with van der Waals surface area (Å²) in [5.41, 5.74) is 0.345. The predicted octanol–water partition coefficient (Wildman–Crippen LogP) is 0.500. The first-order chi connectivity index (χ1) is 5.79. The van der Waals surface area contributed by atoms with Gasteiger partial charge < -0.3 is 14.4 Å². The van der Waals surface area contributed by atoms with Gasteiger partial charge >= 0.3 is 5.97 Å². The van der Waals surface area contributed by atoms with E-state index in [1.165, 1.54) is 6.20 Å². The van der Waals surface area contributed by atoms with Crippen molar-refractivity contribution in [1.29, 1.82) is 0 Å². The van der Waals surface area contributed by atoms with Crippen LogP contribution < -0.4 is 0 Å². The molecule has 1 aliphatic rings. The van der Waals surface area contributed by atoms with Gasteiger partial charge in [0.1, 0.15) is 6.61 Å².